The Morgan fingerprint density at radius 2 is 1.50 bits per heavy atom. The SMILES string of the molecule is O=C(COc1ccccc1)NCC(=O)Nc1cccc(NC(=O)c2ccncc2)c1. The fourth-order valence-electron chi connectivity index (χ4n) is 2.48. The summed E-state index contributed by atoms with van der Waals surface area (Å²) in [5.41, 5.74) is 1.48. The molecule has 3 amide bonds. The molecule has 0 aliphatic carbocycles. The van der Waals surface area contributed by atoms with Gasteiger partial charge >= 0.3 is 0 Å². The third-order valence-corrected chi connectivity index (χ3v) is 3.91. The summed E-state index contributed by atoms with van der Waals surface area (Å²) in [5, 5.41) is 7.91. The highest BCUT2D eigenvalue weighted by Gasteiger charge is 2.09. The maximum Gasteiger partial charge on any atom is 0.258 e. The second-order valence-corrected chi connectivity index (χ2v) is 6.20. The van der Waals surface area contributed by atoms with Crippen LogP contribution in [0.4, 0.5) is 11.4 Å². The van der Waals surface area contributed by atoms with Crippen molar-refractivity contribution in [2.24, 2.45) is 0 Å². The molecule has 152 valence electrons. The van der Waals surface area contributed by atoms with Crippen molar-refractivity contribution in [1.29, 1.82) is 0 Å². The number of ether oxygens (including phenoxy) is 1. The zero-order valence-corrected chi connectivity index (χ0v) is 16.0. The number of hydrogen-bond acceptors (Lipinski definition) is 5. The van der Waals surface area contributed by atoms with Crippen LogP contribution in [-0.4, -0.2) is 35.9 Å². The van der Waals surface area contributed by atoms with Crippen molar-refractivity contribution in [1.82, 2.24) is 10.3 Å². The van der Waals surface area contributed by atoms with E-state index in [2.05, 4.69) is 20.9 Å². The molecule has 3 rings (SSSR count). The summed E-state index contributed by atoms with van der Waals surface area (Å²) in [7, 11) is 0. The Morgan fingerprint density at radius 1 is 0.800 bits per heavy atom. The number of aromatic nitrogens is 1. The van der Waals surface area contributed by atoms with E-state index in [0.717, 1.165) is 0 Å². The number of carbonyl (C=O) groups excluding carboxylic acids is 3. The van der Waals surface area contributed by atoms with Crippen LogP contribution in [-0.2, 0) is 9.59 Å². The molecule has 0 spiro atoms. The predicted molar refractivity (Wildman–Crippen MR) is 112 cm³/mol. The summed E-state index contributed by atoms with van der Waals surface area (Å²) in [6.07, 6.45) is 3.06. The molecule has 1 heterocycles. The van der Waals surface area contributed by atoms with E-state index in [1.807, 2.05) is 6.07 Å². The minimum absolute atomic E-state index is 0.187. The highest BCUT2D eigenvalue weighted by atomic mass is 16.5. The third kappa shape index (κ3) is 6.45. The lowest BCUT2D eigenvalue weighted by molar-refractivity contribution is -0.125. The van der Waals surface area contributed by atoms with E-state index >= 15 is 0 Å². The molecule has 0 fully saturated rings. The van der Waals surface area contributed by atoms with E-state index in [1.165, 1.54) is 12.4 Å². The van der Waals surface area contributed by atoms with Crippen LogP contribution in [0.3, 0.4) is 0 Å². The lowest BCUT2D eigenvalue weighted by Gasteiger charge is -2.10. The Hall–Kier alpha value is -4.20. The van der Waals surface area contributed by atoms with Crippen LogP contribution in [0.25, 0.3) is 0 Å². The van der Waals surface area contributed by atoms with Gasteiger partial charge in [0.2, 0.25) is 5.91 Å². The van der Waals surface area contributed by atoms with Gasteiger partial charge in [-0.1, -0.05) is 24.3 Å². The van der Waals surface area contributed by atoms with E-state index in [4.69, 9.17) is 4.74 Å². The van der Waals surface area contributed by atoms with E-state index < -0.39 is 11.8 Å². The summed E-state index contributed by atoms with van der Waals surface area (Å²) in [4.78, 5) is 40.0. The first-order chi connectivity index (χ1) is 14.6. The lowest BCUT2D eigenvalue weighted by atomic mass is 10.2. The Balaban J connectivity index is 1.45. The van der Waals surface area contributed by atoms with Crippen LogP contribution >= 0.6 is 0 Å². The molecule has 3 N–H and O–H groups in total. The number of carbonyl (C=O) groups is 3. The van der Waals surface area contributed by atoms with Gasteiger partial charge in [-0.3, -0.25) is 19.4 Å². The van der Waals surface area contributed by atoms with E-state index in [0.29, 0.717) is 22.7 Å². The van der Waals surface area contributed by atoms with Crippen LogP contribution < -0.4 is 20.7 Å². The highest BCUT2D eigenvalue weighted by Crippen LogP contribution is 2.16. The second kappa shape index (κ2) is 10.4. The molecule has 0 saturated carbocycles. The lowest BCUT2D eigenvalue weighted by Crippen LogP contribution is -2.35. The molecule has 0 atom stereocenters. The first-order valence-corrected chi connectivity index (χ1v) is 9.16. The van der Waals surface area contributed by atoms with Crippen molar-refractivity contribution in [3.8, 4) is 5.75 Å². The minimum Gasteiger partial charge on any atom is -0.484 e. The zero-order chi connectivity index (χ0) is 21.2. The highest BCUT2D eigenvalue weighted by molar-refractivity contribution is 6.04. The molecule has 2 aromatic carbocycles. The van der Waals surface area contributed by atoms with Crippen molar-refractivity contribution in [3.05, 3.63) is 84.7 Å². The Bertz CT molecular complexity index is 1010. The molecule has 0 radical (unpaired) electrons. The summed E-state index contributed by atoms with van der Waals surface area (Å²) in [6.45, 7) is -0.390. The maximum absolute atomic E-state index is 12.2. The molecule has 1 aromatic heterocycles. The number of benzene rings is 2. The minimum atomic E-state index is -0.410. The number of pyridine rings is 1. The summed E-state index contributed by atoms with van der Waals surface area (Å²) in [6, 6.07) is 18.8. The monoisotopic (exact) mass is 404 g/mol. The van der Waals surface area contributed by atoms with E-state index in [9.17, 15) is 14.4 Å². The molecule has 3 aromatic rings. The number of anilines is 2. The van der Waals surface area contributed by atoms with Gasteiger partial charge in [0.05, 0.1) is 6.54 Å². The van der Waals surface area contributed by atoms with Gasteiger partial charge < -0.3 is 20.7 Å². The van der Waals surface area contributed by atoms with Crippen molar-refractivity contribution >= 4 is 29.1 Å². The fourth-order valence-corrected chi connectivity index (χ4v) is 2.48. The van der Waals surface area contributed by atoms with E-state index in [1.54, 1.807) is 60.7 Å². The molecule has 0 bridgehead atoms. The summed E-state index contributed by atoms with van der Waals surface area (Å²) >= 11 is 0. The topological polar surface area (TPSA) is 109 Å². The molecular weight excluding hydrogens is 384 g/mol. The number of nitrogens with one attached hydrogen (secondary N) is 3. The first-order valence-electron chi connectivity index (χ1n) is 9.16. The second-order valence-electron chi connectivity index (χ2n) is 6.20. The Morgan fingerprint density at radius 3 is 2.23 bits per heavy atom. The van der Waals surface area contributed by atoms with Gasteiger partial charge in [-0.2, -0.15) is 0 Å². The van der Waals surface area contributed by atoms with Crippen molar-refractivity contribution in [3.63, 3.8) is 0 Å². The van der Waals surface area contributed by atoms with Crippen LogP contribution in [0.1, 0.15) is 10.4 Å². The average molecular weight is 404 g/mol. The number of para-hydroxylation sites is 1. The van der Waals surface area contributed by atoms with Gasteiger partial charge in [0.1, 0.15) is 5.75 Å². The molecule has 8 nitrogen and oxygen atoms in total. The molecule has 0 aliphatic rings. The molecular formula is C22H20N4O4. The third-order valence-electron chi connectivity index (χ3n) is 3.91. The van der Waals surface area contributed by atoms with Gasteiger partial charge in [-0.15, -0.1) is 0 Å². The van der Waals surface area contributed by atoms with Gasteiger partial charge in [-0.25, -0.2) is 0 Å². The van der Waals surface area contributed by atoms with E-state index in [-0.39, 0.29) is 19.1 Å². The number of hydrogen-bond donors (Lipinski definition) is 3. The van der Waals surface area contributed by atoms with Crippen molar-refractivity contribution in [2.75, 3.05) is 23.8 Å². The standard InChI is InChI=1S/C22H20N4O4/c27-20(14-24-21(28)15-30-19-7-2-1-3-8-19)25-17-5-4-6-18(13-17)26-22(29)16-9-11-23-12-10-16/h1-13H,14-15H2,(H,24,28)(H,25,27)(H,26,29). The Labute approximate surface area is 173 Å². The molecule has 30 heavy (non-hydrogen) atoms. The molecule has 0 unspecified atom stereocenters. The van der Waals surface area contributed by atoms with Gasteiger partial charge in [0.15, 0.2) is 6.61 Å². The summed E-state index contributed by atoms with van der Waals surface area (Å²) < 4.78 is 5.32. The Kier molecular flexibility index (Phi) is 7.10. The molecule has 0 aliphatic heterocycles. The van der Waals surface area contributed by atoms with Gasteiger partial charge in [0, 0.05) is 29.3 Å². The zero-order valence-electron chi connectivity index (χ0n) is 16.0. The van der Waals surface area contributed by atoms with Crippen molar-refractivity contribution in [2.45, 2.75) is 0 Å². The largest absolute Gasteiger partial charge is 0.484 e. The van der Waals surface area contributed by atoms with Gasteiger partial charge in [0.25, 0.3) is 11.8 Å². The quantitative estimate of drug-likeness (QED) is 0.534. The van der Waals surface area contributed by atoms with Crippen LogP contribution in [0.5, 0.6) is 5.75 Å². The fraction of sp³-hybridized carbons (Fsp3) is 0.0909. The average Bonchev–Trinajstić information content (AvgIpc) is 2.78. The number of rotatable bonds is 8. The first kappa shape index (κ1) is 20.5. The van der Waals surface area contributed by atoms with Crippen molar-refractivity contribution < 1.29 is 19.1 Å². The molecule has 8 heteroatoms. The summed E-state index contributed by atoms with van der Waals surface area (Å²) in [5.74, 6) is -0.526. The maximum atomic E-state index is 12.2. The van der Waals surface area contributed by atoms with Crippen LogP contribution in [0.15, 0.2) is 79.1 Å². The molecule has 0 saturated heterocycles. The van der Waals surface area contributed by atoms with Gasteiger partial charge in [-0.05, 0) is 42.5 Å². The normalized spacial score (nSPS) is 10.0. The number of nitrogens with zero attached hydrogens (tertiary/aromatic N) is 1. The van der Waals surface area contributed by atoms with Crippen LogP contribution in [0, 0.1) is 0 Å². The van der Waals surface area contributed by atoms with Crippen LogP contribution in [0.2, 0.25) is 0 Å². The predicted octanol–water partition coefficient (Wildman–Crippen LogP) is 2.47. The number of amides is 3. The smallest absolute Gasteiger partial charge is 0.258 e.